The van der Waals surface area contributed by atoms with E-state index in [2.05, 4.69) is 4.98 Å². The molecule has 0 aliphatic carbocycles. The Morgan fingerprint density at radius 2 is 1.83 bits per heavy atom. The normalized spacial score (nSPS) is 11.9. The topological polar surface area (TPSA) is 61.0 Å². The van der Waals surface area contributed by atoms with Crippen LogP contribution in [0.2, 0.25) is 5.02 Å². The number of rotatable bonds is 2. The first-order chi connectivity index (χ1) is 11.2. The van der Waals surface area contributed by atoms with Crippen LogP contribution in [-0.4, -0.2) is 14.5 Å². The molecular weight excluding hydrogens is 354 g/mol. The van der Waals surface area contributed by atoms with Crippen LogP contribution in [0.3, 0.4) is 0 Å². The third kappa shape index (κ3) is 2.46. The minimum atomic E-state index is -4.92. The van der Waals surface area contributed by atoms with Crippen molar-refractivity contribution in [2.75, 3.05) is 0 Å². The lowest BCUT2D eigenvalue weighted by atomic mass is 10.2. The summed E-state index contributed by atoms with van der Waals surface area (Å²) in [6.07, 6.45) is -4.92. The Kier molecular flexibility index (Phi) is 3.67. The number of imidazole rings is 1. The summed E-state index contributed by atoms with van der Waals surface area (Å²) < 4.78 is 54.5. The van der Waals surface area contributed by atoms with E-state index >= 15 is 0 Å². The average Bonchev–Trinajstić information content (AvgIpc) is 2.88. The van der Waals surface area contributed by atoms with Gasteiger partial charge in [-0.1, -0.05) is 23.7 Å². The molecule has 3 rings (SSSR count). The summed E-state index contributed by atoms with van der Waals surface area (Å²) in [4.78, 5) is 13.4. The predicted molar refractivity (Wildman–Crippen MR) is 77.7 cm³/mol. The third-order valence-electron chi connectivity index (χ3n) is 3.29. The van der Waals surface area contributed by atoms with E-state index in [9.17, 15) is 27.7 Å². The summed E-state index contributed by atoms with van der Waals surface area (Å²) in [5.41, 5.74) is -1.60. The first kappa shape index (κ1) is 16.2. The van der Waals surface area contributed by atoms with E-state index < -0.39 is 44.7 Å². The van der Waals surface area contributed by atoms with Gasteiger partial charge in [-0.2, -0.15) is 13.2 Å². The number of nitrogens with zero attached hydrogens (tertiary/aromatic N) is 3. The quantitative estimate of drug-likeness (QED) is 0.377. The highest BCUT2D eigenvalue weighted by Crippen LogP contribution is 2.39. The molecule has 0 spiro atoms. The van der Waals surface area contributed by atoms with Crippen molar-refractivity contribution in [1.29, 1.82) is 0 Å². The van der Waals surface area contributed by atoms with Crippen molar-refractivity contribution < 1.29 is 22.5 Å². The maximum atomic E-state index is 14.0. The molecule has 0 saturated carbocycles. The Balaban J connectivity index is 2.45. The number of para-hydroxylation sites is 1. The van der Waals surface area contributed by atoms with E-state index in [0.717, 1.165) is 24.3 Å². The Bertz CT molecular complexity index is 969. The van der Waals surface area contributed by atoms with E-state index in [1.165, 1.54) is 12.1 Å². The standard InChI is InChI=1S/C14H6ClF4N3O2/c15-11-9(22(23)24)5-6-10-12(11)20-13(14(17,18)19)21(10)8-4-2-1-3-7(8)16/h1-6H. The van der Waals surface area contributed by atoms with Crippen molar-refractivity contribution in [2.45, 2.75) is 6.18 Å². The Morgan fingerprint density at radius 3 is 2.42 bits per heavy atom. The highest BCUT2D eigenvalue weighted by molar-refractivity contribution is 6.37. The van der Waals surface area contributed by atoms with Gasteiger partial charge in [-0.05, 0) is 18.2 Å². The number of hydrogen-bond acceptors (Lipinski definition) is 3. The molecule has 0 radical (unpaired) electrons. The fraction of sp³-hybridized carbons (Fsp3) is 0.0714. The zero-order valence-electron chi connectivity index (χ0n) is 11.5. The van der Waals surface area contributed by atoms with Gasteiger partial charge < -0.3 is 0 Å². The maximum absolute atomic E-state index is 14.0. The zero-order chi connectivity index (χ0) is 17.6. The van der Waals surface area contributed by atoms with Crippen LogP contribution >= 0.6 is 11.6 Å². The van der Waals surface area contributed by atoms with Gasteiger partial charge in [0.2, 0.25) is 5.82 Å². The van der Waals surface area contributed by atoms with E-state index in [1.54, 1.807) is 0 Å². The summed E-state index contributed by atoms with van der Waals surface area (Å²) in [5, 5.41) is 10.3. The second kappa shape index (κ2) is 5.45. The van der Waals surface area contributed by atoms with E-state index in [-0.39, 0.29) is 5.52 Å². The number of alkyl halides is 3. The second-order valence-corrected chi connectivity index (χ2v) is 5.12. The number of halogens is 5. The van der Waals surface area contributed by atoms with Crippen LogP contribution in [0.5, 0.6) is 0 Å². The van der Waals surface area contributed by atoms with Gasteiger partial charge in [-0.25, -0.2) is 9.37 Å². The van der Waals surface area contributed by atoms with Crippen molar-refractivity contribution >= 4 is 28.3 Å². The van der Waals surface area contributed by atoms with Crippen molar-refractivity contribution in [1.82, 2.24) is 9.55 Å². The lowest BCUT2D eigenvalue weighted by Gasteiger charge is -2.12. The first-order valence-corrected chi connectivity index (χ1v) is 6.77. The van der Waals surface area contributed by atoms with Gasteiger partial charge in [0.15, 0.2) is 0 Å². The molecule has 24 heavy (non-hydrogen) atoms. The van der Waals surface area contributed by atoms with Gasteiger partial charge in [0.05, 0.1) is 16.1 Å². The third-order valence-corrected chi connectivity index (χ3v) is 3.66. The molecule has 0 N–H and O–H groups in total. The zero-order valence-corrected chi connectivity index (χ0v) is 12.3. The molecule has 0 bridgehead atoms. The molecule has 1 aromatic heterocycles. The van der Waals surface area contributed by atoms with Crippen molar-refractivity contribution in [2.24, 2.45) is 0 Å². The number of benzene rings is 2. The minimum absolute atomic E-state index is 0.192. The highest BCUT2D eigenvalue weighted by atomic mass is 35.5. The van der Waals surface area contributed by atoms with Crippen LogP contribution in [0.15, 0.2) is 36.4 Å². The molecule has 0 amide bonds. The molecule has 3 aromatic rings. The van der Waals surface area contributed by atoms with E-state index in [0.29, 0.717) is 4.57 Å². The Morgan fingerprint density at radius 1 is 1.17 bits per heavy atom. The number of aromatic nitrogens is 2. The summed E-state index contributed by atoms with van der Waals surface area (Å²) in [7, 11) is 0. The van der Waals surface area contributed by atoms with Crippen molar-refractivity contribution in [3.8, 4) is 5.69 Å². The largest absolute Gasteiger partial charge is 0.450 e. The molecule has 0 atom stereocenters. The lowest BCUT2D eigenvalue weighted by molar-refractivity contribution is -0.384. The van der Waals surface area contributed by atoms with Gasteiger partial charge in [-0.15, -0.1) is 0 Å². The summed E-state index contributed by atoms with van der Waals surface area (Å²) >= 11 is 5.82. The molecule has 10 heteroatoms. The summed E-state index contributed by atoms with van der Waals surface area (Å²) in [6, 6.07) is 6.81. The summed E-state index contributed by atoms with van der Waals surface area (Å²) in [6.45, 7) is 0. The van der Waals surface area contributed by atoms with Crippen LogP contribution in [-0.2, 0) is 6.18 Å². The minimum Gasteiger partial charge on any atom is -0.286 e. The van der Waals surface area contributed by atoms with Gasteiger partial charge in [0.1, 0.15) is 16.4 Å². The van der Waals surface area contributed by atoms with Crippen LogP contribution < -0.4 is 0 Å². The Hall–Kier alpha value is -2.68. The first-order valence-electron chi connectivity index (χ1n) is 6.39. The van der Waals surface area contributed by atoms with E-state index in [1.807, 2.05) is 0 Å². The lowest BCUT2D eigenvalue weighted by Crippen LogP contribution is -2.14. The molecule has 2 aromatic carbocycles. The van der Waals surface area contributed by atoms with Gasteiger partial charge in [-0.3, -0.25) is 14.7 Å². The monoisotopic (exact) mass is 359 g/mol. The van der Waals surface area contributed by atoms with E-state index in [4.69, 9.17) is 11.6 Å². The number of nitro groups is 1. The Labute approximate surface area is 136 Å². The van der Waals surface area contributed by atoms with Crippen molar-refractivity contribution in [3.63, 3.8) is 0 Å². The number of hydrogen-bond donors (Lipinski definition) is 0. The van der Waals surface area contributed by atoms with Gasteiger partial charge in [0.25, 0.3) is 5.69 Å². The molecule has 5 nitrogen and oxygen atoms in total. The number of fused-ring (bicyclic) bond motifs is 1. The molecular formula is C14H6ClF4N3O2. The smallest absolute Gasteiger partial charge is 0.286 e. The molecule has 0 unspecified atom stereocenters. The van der Waals surface area contributed by atoms with Gasteiger partial charge >= 0.3 is 6.18 Å². The molecule has 0 aliphatic heterocycles. The fourth-order valence-corrected chi connectivity index (χ4v) is 2.58. The maximum Gasteiger partial charge on any atom is 0.450 e. The highest BCUT2D eigenvalue weighted by Gasteiger charge is 2.39. The number of nitro benzene ring substituents is 1. The van der Waals surface area contributed by atoms with Crippen LogP contribution in [0.4, 0.5) is 23.2 Å². The molecule has 0 aliphatic rings. The predicted octanol–water partition coefficient (Wildman–Crippen LogP) is 4.75. The van der Waals surface area contributed by atoms with Crippen LogP contribution in [0.25, 0.3) is 16.7 Å². The molecule has 0 fully saturated rings. The average molecular weight is 360 g/mol. The molecule has 0 saturated heterocycles. The molecule has 124 valence electrons. The van der Waals surface area contributed by atoms with Crippen LogP contribution in [0.1, 0.15) is 5.82 Å². The van der Waals surface area contributed by atoms with Crippen molar-refractivity contribution in [3.05, 3.63) is 63.2 Å². The van der Waals surface area contributed by atoms with Crippen LogP contribution in [0, 0.1) is 15.9 Å². The fourth-order valence-electron chi connectivity index (χ4n) is 2.31. The van der Waals surface area contributed by atoms with Gasteiger partial charge in [0, 0.05) is 6.07 Å². The SMILES string of the molecule is O=[N+]([O-])c1ccc2c(nc(C(F)(F)F)n2-c2ccccc2F)c1Cl. The summed E-state index contributed by atoms with van der Waals surface area (Å²) in [5.74, 6) is -2.33. The molecule has 1 heterocycles. The second-order valence-electron chi connectivity index (χ2n) is 4.74.